The molecule has 3 nitrogen and oxygen atoms in total. The second-order valence-electron chi connectivity index (χ2n) is 0.417. The molecule has 0 aliphatic rings. The summed E-state index contributed by atoms with van der Waals surface area (Å²) in [6.45, 7) is 0. The summed E-state index contributed by atoms with van der Waals surface area (Å²) in [6, 6.07) is 0. The van der Waals surface area contributed by atoms with Crippen molar-refractivity contribution >= 4 is 27.8 Å². The minimum Gasteiger partial charge on any atom is -0.160 e. The number of carbonyl (C=O) groups is 1. The Labute approximate surface area is 41.7 Å². The van der Waals surface area contributed by atoms with E-state index in [0.29, 0.717) is 0 Å². The minimum atomic E-state index is -0.935. The van der Waals surface area contributed by atoms with Gasteiger partial charge in [-0.15, -0.1) is 0 Å². The van der Waals surface area contributed by atoms with E-state index in [2.05, 4.69) is 0 Å². The molecule has 0 radical (unpaired) electrons. The van der Waals surface area contributed by atoms with Crippen LogP contribution in [0.25, 0.3) is 0 Å². The van der Waals surface area contributed by atoms with E-state index < -0.39 is 4.45 Å². The van der Waals surface area contributed by atoms with E-state index in [1.807, 2.05) is 0 Å². The summed E-state index contributed by atoms with van der Waals surface area (Å²) < 4.78 is 17.5. The molecule has 0 N–H and O–H groups in total. The SMILES string of the molecule is O=[S+]C(=O)[S+]=O. The maximum Gasteiger partial charge on any atom is 0.795 e. The lowest BCUT2D eigenvalue weighted by molar-refractivity contribution is 0.275. The number of rotatable bonds is 0. The molecule has 0 saturated heterocycles. The molecule has 0 saturated carbocycles. The van der Waals surface area contributed by atoms with Crippen LogP contribution in [-0.2, 0) is 31.8 Å². The van der Waals surface area contributed by atoms with Crippen LogP contribution in [-0.4, -0.2) is 4.45 Å². The maximum absolute atomic E-state index is 9.48. The van der Waals surface area contributed by atoms with Crippen LogP contribution in [0.3, 0.4) is 0 Å². The Morgan fingerprint density at radius 1 is 1.17 bits per heavy atom. The fourth-order valence-electron chi connectivity index (χ4n) is 0.0139. The van der Waals surface area contributed by atoms with Crippen molar-refractivity contribution in [3.63, 3.8) is 0 Å². The third-order valence-electron chi connectivity index (χ3n) is 0.136. The van der Waals surface area contributed by atoms with Gasteiger partial charge in [-0.25, -0.2) is 0 Å². The van der Waals surface area contributed by atoms with Crippen LogP contribution in [0.4, 0.5) is 4.79 Å². The van der Waals surface area contributed by atoms with Gasteiger partial charge in [0.1, 0.15) is 0 Å². The Bertz CT molecular complexity index is 76.8. The van der Waals surface area contributed by atoms with E-state index in [1.54, 1.807) is 0 Å². The smallest absolute Gasteiger partial charge is 0.160 e. The van der Waals surface area contributed by atoms with Crippen molar-refractivity contribution < 1.29 is 13.2 Å². The van der Waals surface area contributed by atoms with Crippen LogP contribution in [0.15, 0.2) is 0 Å². The van der Waals surface area contributed by atoms with Gasteiger partial charge in [-0.3, -0.25) is 0 Å². The molecular weight excluding hydrogens is 124 g/mol. The van der Waals surface area contributed by atoms with Crippen LogP contribution in [0.1, 0.15) is 0 Å². The van der Waals surface area contributed by atoms with Crippen molar-refractivity contribution in [2.45, 2.75) is 0 Å². The van der Waals surface area contributed by atoms with Gasteiger partial charge < -0.3 is 0 Å². The highest BCUT2D eigenvalue weighted by Gasteiger charge is 2.34. The third kappa shape index (κ3) is 1.98. The Balaban J connectivity index is 3.52. The van der Waals surface area contributed by atoms with Crippen molar-refractivity contribution in [1.82, 2.24) is 0 Å². The molecule has 0 rings (SSSR count). The molecule has 0 amide bonds. The average molecular weight is 124 g/mol. The Morgan fingerprint density at radius 2 is 1.50 bits per heavy atom. The highest BCUT2D eigenvalue weighted by Crippen LogP contribution is 1.64. The van der Waals surface area contributed by atoms with E-state index in [-0.39, 0.29) is 23.3 Å². The largest absolute Gasteiger partial charge is 0.795 e. The van der Waals surface area contributed by atoms with E-state index in [1.165, 1.54) is 0 Å². The lowest BCUT2D eigenvalue weighted by Crippen LogP contribution is -1.81. The van der Waals surface area contributed by atoms with Crippen LogP contribution in [0.5, 0.6) is 0 Å². The van der Waals surface area contributed by atoms with Gasteiger partial charge >= 0.3 is 27.8 Å². The maximum atomic E-state index is 9.48. The summed E-state index contributed by atoms with van der Waals surface area (Å²) in [5, 5.41) is 0. The minimum absolute atomic E-state index is 0.314. The predicted molar refractivity (Wildman–Crippen MR) is 21.5 cm³/mol. The zero-order valence-corrected chi connectivity index (χ0v) is 4.17. The Hall–Kier alpha value is -0.290. The van der Waals surface area contributed by atoms with Gasteiger partial charge in [0.15, 0.2) is 0 Å². The molecule has 0 heterocycles. The first-order chi connectivity index (χ1) is 2.81. The molecular formula is CO3S2+2. The fourth-order valence-corrected chi connectivity index (χ4v) is 0.125. The van der Waals surface area contributed by atoms with Crippen molar-refractivity contribution in [2.75, 3.05) is 0 Å². The third-order valence-corrected chi connectivity index (χ3v) is 0.816. The molecule has 0 aromatic carbocycles. The fraction of sp³-hybridized carbons (Fsp3) is 0. The summed E-state index contributed by atoms with van der Waals surface area (Å²) in [5.74, 6) is 0. The summed E-state index contributed by atoms with van der Waals surface area (Å²) in [4.78, 5) is 9.48. The first-order valence-electron chi connectivity index (χ1n) is 0.946. The van der Waals surface area contributed by atoms with Crippen molar-refractivity contribution in [3.8, 4) is 0 Å². The predicted octanol–water partition coefficient (Wildman–Crippen LogP) is -0.0374. The van der Waals surface area contributed by atoms with E-state index in [0.717, 1.165) is 0 Å². The molecule has 0 aliphatic carbocycles. The second-order valence-corrected chi connectivity index (χ2v) is 1.75. The Kier molecular flexibility index (Phi) is 2.78. The normalized spacial score (nSPS) is 6.67. The summed E-state index contributed by atoms with van der Waals surface area (Å²) >= 11 is -0.627. The standard InChI is InChI=1S/CO3S2/c2-1(5-3)6-4/q+2. The lowest BCUT2D eigenvalue weighted by atomic mass is 11.8. The molecule has 0 aliphatic heterocycles. The summed E-state index contributed by atoms with van der Waals surface area (Å²) in [5.41, 5.74) is 0. The van der Waals surface area contributed by atoms with Crippen molar-refractivity contribution in [3.05, 3.63) is 0 Å². The first kappa shape index (κ1) is 5.71. The molecule has 0 unspecified atom stereocenters. The van der Waals surface area contributed by atoms with Gasteiger partial charge in [-0.1, -0.05) is 0 Å². The molecule has 0 bridgehead atoms. The summed E-state index contributed by atoms with van der Waals surface area (Å²) in [6.07, 6.45) is 0. The van der Waals surface area contributed by atoms with Gasteiger partial charge in [0.2, 0.25) is 0 Å². The molecule has 0 aromatic rings. The topological polar surface area (TPSA) is 51.2 Å². The zero-order valence-electron chi connectivity index (χ0n) is 2.54. The molecule has 0 fully saturated rings. The summed E-state index contributed by atoms with van der Waals surface area (Å²) in [7, 11) is 0. The first-order valence-corrected chi connectivity index (χ1v) is 2.43. The number of carbonyl (C=O) groups excluding carboxylic acids is 1. The van der Waals surface area contributed by atoms with Crippen molar-refractivity contribution in [1.29, 1.82) is 0 Å². The van der Waals surface area contributed by atoms with E-state index >= 15 is 0 Å². The monoisotopic (exact) mass is 124 g/mol. The van der Waals surface area contributed by atoms with Gasteiger partial charge in [0, 0.05) is 0 Å². The molecule has 0 spiro atoms. The highest BCUT2D eigenvalue weighted by molar-refractivity contribution is 8.10. The average Bonchev–Trinajstić information content (AvgIpc) is 1.65. The zero-order chi connectivity index (χ0) is 4.99. The van der Waals surface area contributed by atoms with Gasteiger partial charge in [0.25, 0.3) is 0 Å². The molecule has 0 aromatic heterocycles. The number of hydrogen-bond donors (Lipinski definition) is 0. The van der Waals surface area contributed by atoms with Gasteiger partial charge in [-0.2, -0.15) is 4.79 Å². The van der Waals surface area contributed by atoms with Crippen LogP contribution < -0.4 is 0 Å². The lowest BCUT2D eigenvalue weighted by Gasteiger charge is -1.16. The van der Waals surface area contributed by atoms with Crippen molar-refractivity contribution in [2.24, 2.45) is 0 Å². The van der Waals surface area contributed by atoms with E-state index in [4.69, 9.17) is 0 Å². The van der Waals surface area contributed by atoms with Crippen LogP contribution in [0, 0.1) is 0 Å². The molecule has 0 atom stereocenters. The van der Waals surface area contributed by atoms with Gasteiger partial charge in [-0.05, 0) is 0 Å². The molecule has 32 valence electrons. The van der Waals surface area contributed by atoms with E-state index in [9.17, 15) is 13.2 Å². The quantitative estimate of drug-likeness (QED) is 0.426. The van der Waals surface area contributed by atoms with Crippen LogP contribution >= 0.6 is 0 Å². The van der Waals surface area contributed by atoms with Gasteiger partial charge in [0.05, 0.1) is 8.42 Å². The highest BCUT2D eigenvalue weighted by atomic mass is 32.2. The Morgan fingerprint density at radius 3 is 1.50 bits per heavy atom. The molecule has 6 heavy (non-hydrogen) atoms. The molecule has 5 heteroatoms. The number of hydrogen-bond acceptors (Lipinski definition) is 3. The second kappa shape index (κ2) is 2.92. The van der Waals surface area contributed by atoms with Crippen LogP contribution in [0.2, 0.25) is 0 Å².